The van der Waals surface area contributed by atoms with Gasteiger partial charge in [-0.15, -0.1) is 0 Å². The van der Waals surface area contributed by atoms with Crippen LogP contribution in [-0.2, 0) is 0 Å². The number of anilines is 1. The minimum atomic E-state index is -0.303. The fourth-order valence-corrected chi connectivity index (χ4v) is 2.98. The molecule has 4 aromatic rings. The van der Waals surface area contributed by atoms with Crippen molar-refractivity contribution in [3.8, 4) is 6.07 Å². The highest BCUT2D eigenvalue weighted by molar-refractivity contribution is 6.11. The van der Waals surface area contributed by atoms with Gasteiger partial charge in [0.15, 0.2) is 5.76 Å². The second kappa shape index (κ2) is 5.81. The van der Waals surface area contributed by atoms with Crippen LogP contribution in [0.2, 0.25) is 0 Å². The molecule has 25 heavy (non-hydrogen) atoms. The van der Waals surface area contributed by atoms with Gasteiger partial charge in [-0.25, -0.2) is 0 Å². The van der Waals surface area contributed by atoms with Gasteiger partial charge in [-0.2, -0.15) is 5.26 Å². The zero-order chi connectivity index (χ0) is 17.4. The number of fused-ring (bicyclic) bond motifs is 3. The SMILES string of the molecule is Cc1c(C(=O)Nc2ccc(C#N)cc2)oc2c1ccc1ccccc12. The van der Waals surface area contributed by atoms with Crippen molar-refractivity contribution in [2.45, 2.75) is 6.92 Å². The van der Waals surface area contributed by atoms with Crippen LogP contribution < -0.4 is 5.32 Å². The third-order valence-electron chi connectivity index (χ3n) is 4.31. The molecule has 4 heteroatoms. The number of nitrogens with one attached hydrogen (secondary N) is 1. The molecule has 1 N–H and O–H groups in total. The highest BCUT2D eigenvalue weighted by Crippen LogP contribution is 2.32. The molecule has 4 rings (SSSR count). The molecule has 0 spiro atoms. The van der Waals surface area contributed by atoms with Gasteiger partial charge in [0.1, 0.15) is 5.58 Å². The molecule has 0 bridgehead atoms. The number of carbonyl (C=O) groups excluding carboxylic acids is 1. The van der Waals surface area contributed by atoms with Crippen LogP contribution in [0.4, 0.5) is 5.69 Å². The summed E-state index contributed by atoms with van der Waals surface area (Å²) >= 11 is 0. The average molecular weight is 326 g/mol. The Morgan fingerprint density at radius 2 is 1.76 bits per heavy atom. The number of carbonyl (C=O) groups is 1. The maximum absolute atomic E-state index is 12.6. The summed E-state index contributed by atoms with van der Waals surface area (Å²) < 4.78 is 5.93. The van der Waals surface area contributed by atoms with Crippen LogP contribution in [0.1, 0.15) is 21.7 Å². The van der Waals surface area contributed by atoms with Gasteiger partial charge in [0.05, 0.1) is 11.6 Å². The first-order valence-corrected chi connectivity index (χ1v) is 7.90. The van der Waals surface area contributed by atoms with Crippen molar-refractivity contribution >= 4 is 33.3 Å². The Morgan fingerprint density at radius 3 is 2.52 bits per heavy atom. The van der Waals surface area contributed by atoms with Crippen LogP contribution in [0.3, 0.4) is 0 Å². The Morgan fingerprint density at radius 1 is 1.00 bits per heavy atom. The molecule has 1 heterocycles. The van der Waals surface area contributed by atoms with Gasteiger partial charge < -0.3 is 9.73 Å². The Balaban J connectivity index is 1.75. The Kier molecular flexibility index (Phi) is 3.48. The first kappa shape index (κ1) is 15.0. The molecule has 3 aromatic carbocycles. The number of amides is 1. The lowest BCUT2D eigenvalue weighted by molar-refractivity contribution is 0.0998. The summed E-state index contributed by atoms with van der Waals surface area (Å²) in [5.74, 6) is -0.00167. The minimum absolute atomic E-state index is 0.302. The van der Waals surface area contributed by atoms with Crippen LogP contribution in [-0.4, -0.2) is 5.91 Å². The van der Waals surface area contributed by atoms with E-state index in [0.717, 1.165) is 27.3 Å². The Labute approximate surface area is 144 Å². The number of rotatable bonds is 2. The number of hydrogen-bond acceptors (Lipinski definition) is 3. The molecule has 1 aromatic heterocycles. The topological polar surface area (TPSA) is 66.0 Å². The number of nitriles is 1. The molecule has 0 atom stereocenters. The van der Waals surface area contributed by atoms with E-state index in [-0.39, 0.29) is 5.91 Å². The number of benzene rings is 3. The first-order chi connectivity index (χ1) is 12.2. The molecule has 0 aliphatic heterocycles. The predicted octanol–water partition coefficient (Wildman–Crippen LogP) is 5.02. The highest BCUT2D eigenvalue weighted by Gasteiger charge is 2.19. The van der Waals surface area contributed by atoms with E-state index in [9.17, 15) is 4.79 Å². The van der Waals surface area contributed by atoms with E-state index in [1.54, 1.807) is 24.3 Å². The van der Waals surface area contributed by atoms with E-state index in [1.807, 2.05) is 43.3 Å². The molecule has 0 fully saturated rings. The number of aryl methyl sites for hydroxylation is 1. The second-order valence-electron chi connectivity index (χ2n) is 5.86. The van der Waals surface area contributed by atoms with Gasteiger partial charge in [-0.05, 0) is 36.6 Å². The lowest BCUT2D eigenvalue weighted by atomic mass is 10.1. The van der Waals surface area contributed by atoms with Crippen molar-refractivity contribution in [3.05, 3.63) is 77.6 Å². The van der Waals surface area contributed by atoms with Crippen molar-refractivity contribution in [1.82, 2.24) is 0 Å². The average Bonchev–Trinajstić information content (AvgIpc) is 3.00. The highest BCUT2D eigenvalue weighted by atomic mass is 16.3. The van der Waals surface area contributed by atoms with Crippen LogP contribution >= 0.6 is 0 Å². The van der Waals surface area contributed by atoms with E-state index in [1.165, 1.54) is 0 Å². The molecule has 0 aliphatic carbocycles. The summed E-state index contributed by atoms with van der Waals surface area (Å²) in [6.07, 6.45) is 0. The zero-order valence-electron chi connectivity index (χ0n) is 13.5. The lowest BCUT2D eigenvalue weighted by Gasteiger charge is -2.03. The summed E-state index contributed by atoms with van der Waals surface area (Å²) in [5, 5.41) is 14.6. The Bertz CT molecular complexity index is 1150. The summed E-state index contributed by atoms with van der Waals surface area (Å²) in [6, 6.07) is 20.7. The molecule has 1 amide bonds. The second-order valence-corrected chi connectivity index (χ2v) is 5.86. The van der Waals surface area contributed by atoms with Crippen molar-refractivity contribution in [1.29, 1.82) is 5.26 Å². The van der Waals surface area contributed by atoms with Gasteiger partial charge in [0.25, 0.3) is 5.91 Å². The fourth-order valence-electron chi connectivity index (χ4n) is 2.98. The van der Waals surface area contributed by atoms with Crippen LogP contribution in [0, 0.1) is 18.3 Å². The largest absolute Gasteiger partial charge is 0.450 e. The molecular formula is C21H14N2O2. The summed E-state index contributed by atoms with van der Waals surface area (Å²) in [4.78, 5) is 12.6. The molecule has 0 unspecified atom stereocenters. The quantitative estimate of drug-likeness (QED) is 0.562. The van der Waals surface area contributed by atoms with Gasteiger partial charge in [-0.3, -0.25) is 4.79 Å². The van der Waals surface area contributed by atoms with Crippen molar-refractivity contribution in [3.63, 3.8) is 0 Å². The van der Waals surface area contributed by atoms with Crippen molar-refractivity contribution in [2.75, 3.05) is 5.32 Å². The molecule has 0 aliphatic rings. The van der Waals surface area contributed by atoms with Gasteiger partial charge in [0, 0.05) is 22.0 Å². The molecule has 0 radical (unpaired) electrons. The van der Waals surface area contributed by atoms with Gasteiger partial charge in [0.2, 0.25) is 0 Å². The van der Waals surface area contributed by atoms with Crippen molar-refractivity contribution < 1.29 is 9.21 Å². The van der Waals surface area contributed by atoms with E-state index < -0.39 is 0 Å². The molecule has 0 saturated heterocycles. The summed E-state index contributed by atoms with van der Waals surface area (Å²) in [5.41, 5.74) is 2.70. The standard InChI is InChI=1S/C21H14N2O2/c1-13-17-11-8-15-4-2-3-5-18(15)20(17)25-19(13)21(24)23-16-9-6-14(12-22)7-10-16/h2-11H,1H3,(H,23,24). The zero-order valence-corrected chi connectivity index (χ0v) is 13.5. The maximum Gasteiger partial charge on any atom is 0.291 e. The number of furan rings is 1. The van der Waals surface area contributed by atoms with E-state index >= 15 is 0 Å². The Hall–Kier alpha value is -3.58. The van der Waals surface area contributed by atoms with Crippen molar-refractivity contribution in [2.24, 2.45) is 0 Å². The van der Waals surface area contributed by atoms with Crippen LogP contribution in [0.15, 0.2) is 65.1 Å². The van der Waals surface area contributed by atoms with E-state index in [2.05, 4.69) is 11.4 Å². The fraction of sp³-hybridized carbons (Fsp3) is 0.0476. The van der Waals surface area contributed by atoms with Crippen LogP contribution in [0.25, 0.3) is 21.7 Å². The smallest absolute Gasteiger partial charge is 0.291 e. The van der Waals surface area contributed by atoms with Crippen LogP contribution in [0.5, 0.6) is 0 Å². The summed E-state index contributed by atoms with van der Waals surface area (Å²) in [6.45, 7) is 1.88. The number of hydrogen-bond donors (Lipinski definition) is 1. The molecular weight excluding hydrogens is 312 g/mol. The normalized spacial score (nSPS) is 10.7. The third-order valence-corrected chi connectivity index (χ3v) is 4.31. The molecule has 4 nitrogen and oxygen atoms in total. The first-order valence-electron chi connectivity index (χ1n) is 7.90. The van der Waals surface area contributed by atoms with Gasteiger partial charge >= 0.3 is 0 Å². The van der Waals surface area contributed by atoms with Gasteiger partial charge in [-0.1, -0.05) is 36.4 Å². The lowest BCUT2D eigenvalue weighted by Crippen LogP contribution is -2.12. The summed E-state index contributed by atoms with van der Waals surface area (Å²) in [7, 11) is 0. The predicted molar refractivity (Wildman–Crippen MR) is 97.6 cm³/mol. The molecule has 0 saturated carbocycles. The van der Waals surface area contributed by atoms with E-state index in [0.29, 0.717) is 17.0 Å². The number of nitrogens with zero attached hydrogens (tertiary/aromatic N) is 1. The third kappa shape index (κ3) is 2.52. The minimum Gasteiger partial charge on any atom is -0.450 e. The maximum atomic E-state index is 12.6. The molecule has 120 valence electrons. The monoisotopic (exact) mass is 326 g/mol. The van der Waals surface area contributed by atoms with E-state index in [4.69, 9.17) is 9.68 Å².